The summed E-state index contributed by atoms with van der Waals surface area (Å²) in [4.78, 5) is 12.2. The fraction of sp³-hybridized carbons (Fsp3) is 0.500. The summed E-state index contributed by atoms with van der Waals surface area (Å²) >= 11 is 9.15. The maximum atomic E-state index is 13.0. The van der Waals surface area contributed by atoms with Gasteiger partial charge in [-0.05, 0) is 31.0 Å². The second-order valence-electron chi connectivity index (χ2n) is 5.14. The zero-order chi connectivity index (χ0) is 15.6. The van der Waals surface area contributed by atoms with Gasteiger partial charge < -0.3 is 5.32 Å². The number of hydrogen-bond acceptors (Lipinski definition) is 1. The Morgan fingerprint density at radius 1 is 1.29 bits per heavy atom. The van der Waals surface area contributed by atoms with Crippen molar-refractivity contribution in [3.8, 4) is 0 Å². The lowest BCUT2D eigenvalue weighted by Crippen LogP contribution is -2.47. The van der Waals surface area contributed by atoms with Crippen molar-refractivity contribution in [1.29, 1.82) is 0 Å². The highest BCUT2D eigenvalue weighted by Gasteiger charge is 2.46. The summed E-state index contributed by atoms with van der Waals surface area (Å²) in [7, 11) is 0. The minimum Gasteiger partial charge on any atom is -0.349 e. The highest BCUT2D eigenvalue weighted by Crippen LogP contribution is 2.38. The first-order valence-electron chi connectivity index (χ1n) is 6.61. The van der Waals surface area contributed by atoms with Crippen LogP contribution in [0.2, 0.25) is 5.02 Å². The summed E-state index contributed by atoms with van der Waals surface area (Å²) in [6, 6.07) is 3.81. The molecule has 0 aromatic heterocycles. The normalized spacial score (nSPS) is 22.9. The first-order valence-corrected chi connectivity index (χ1v) is 7.79. The van der Waals surface area contributed by atoms with Crippen LogP contribution in [0.15, 0.2) is 22.7 Å². The Kier molecular flexibility index (Phi) is 5.20. The zero-order valence-electron chi connectivity index (χ0n) is 11.0. The van der Waals surface area contributed by atoms with Crippen LogP contribution in [0.25, 0.3) is 0 Å². The Hall–Kier alpha value is -0.750. The van der Waals surface area contributed by atoms with Gasteiger partial charge in [-0.1, -0.05) is 40.4 Å². The SMILES string of the molecule is O=C(N[C@H]1CCCC[C@@H]1C(F)(F)F)c1cc(Br)ccc1Cl. The minimum atomic E-state index is -4.29. The standard InChI is InChI=1S/C14H14BrClF3NO/c15-8-5-6-11(16)9(7-8)13(21)20-12-4-2-1-3-10(12)14(17,18)19/h5-7,10,12H,1-4H2,(H,20,21)/t10-,12-/m0/s1. The van der Waals surface area contributed by atoms with E-state index < -0.39 is 24.0 Å². The number of carbonyl (C=O) groups is 1. The van der Waals surface area contributed by atoms with E-state index in [9.17, 15) is 18.0 Å². The van der Waals surface area contributed by atoms with E-state index in [0.29, 0.717) is 23.7 Å². The number of rotatable bonds is 2. The van der Waals surface area contributed by atoms with Gasteiger partial charge in [-0.2, -0.15) is 13.2 Å². The van der Waals surface area contributed by atoms with Gasteiger partial charge in [0.1, 0.15) is 0 Å². The van der Waals surface area contributed by atoms with Gasteiger partial charge in [-0.3, -0.25) is 4.79 Å². The summed E-state index contributed by atoms with van der Waals surface area (Å²) in [5.74, 6) is -2.05. The average Bonchev–Trinajstić information content (AvgIpc) is 2.41. The number of nitrogens with one attached hydrogen (secondary N) is 1. The van der Waals surface area contributed by atoms with E-state index in [4.69, 9.17) is 11.6 Å². The molecule has 1 aliphatic carbocycles. The highest BCUT2D eigenvalue weighted by atomic mass is 79.9. The molecule has 1 amide bonds. The third-order valence-corrected chi connectivity index (χ3v) is 4.50. The molecule has 1 aliphatic rings. The number of hydrogen-bond donors (Lipinski definition) is 1. The van der Waals surface area contributed by atoms with Crippen molar-refractivity contribution in [3.63, 3.8) is 0 Å². The summed E-state index contributed by atoms with van der Waals surface area (Å²) in [6.07, 6.45) is -2.68. The largest absolute Gasteiger partial charge is 0.393 e. The number of alkyl halides is 3. The van der Waals surface area contributed by atoms with Crippen LogP contribution in [0.1, 0.15) is 36.0 Å². The smallest absolute Gasteiger partial charge is 0.349 e. The van der Waals surface area contributed by atoms with Gasteiger partial charge in [-0.25, -0.2) is 0 Å². The van der Waals surface area contributed by atoms with Crippen molar-refractivity contribution < 1.29 is 18.0 Å². The molecule has 0 saturated heterocycles. The maximum absolute atomic E-state index is 13.0. The monoisotopic (exact) mass is 383 g/mol. The molecule has 1 aromatic rings. The molecule has 1 saturated carbocycles. The van der Waals surface area contributed by atoms with Gasteiger partial charge in [0, 0.05) is 10.5 Å². The van der Waals surface area contributed by atoms with Crippen LogP contribution >= 0.6 is 27.5 Å². The topological polar surface area (TPSA) is 29.1 Å². The van der Waals surface area contributed by atoms with E-state index in [1.165, 1.54) is 12.1 Å². The molecule has 0 bridgehead atoms. The molecule has 1 aromatic carbocycles. The van der Waals surface area contributed by atoms with Crippen LogP contribution in [0.5, 0.6) is 0 Å². The molecule has 0 spiro atoms. The lowest BCUT2D eigenvalue weighted by molar-refractivity contribution is -0.187. The molecule has 2 rings (SSSR count). The molecule has 1 fully saturated rings. The van der Waals surface area contributed by atoms with E-state index in [-0.39, 0.29) is 17.0 Å². The van der Waals surface area contributed by atoms with Gasteiger partial charge in [0.25, 0.3) is 5.91 Å². The van der Waals surface area contributed by atoms with Crippen molar-refractivity contribution in [3.05, 3.63) is 33.3 Å². The average molecular weight is 385 g/mol. The van der Waals surface area contributed by atoms with Crippen LogP contribution in [0.4, 0.5) is 13.2 Å². The predicted molar refractivity (Wildman–Crippen MR) is 78.4 cm³/mol. The first kappa shape index (κ1) is 16.6. The van der Waals surface area contributed by atoms with Gasteiger partial charge in [0.05, 0.1) is 16.5 Å². The number of amides is 1. The molecular formula is C14H14BrClF3NO. The number of benzene rings is 1. The van der Waals surface area contributed by atoms with Crippen molar-refractivity contribution in [2.45, 2.75) is 37.9 Å². The Morgan fingerprint density at radius 2 is 1.95 bits per heavy atom. The van der Waals surface area contributed by atoms with Crippen molar-refractivity contribution in [2.24, 2.45) is 5.92 Å². The molecule has 0 aliphatic heterocycles. The maximum Gasteiger partial charge on any atom is 0.393 e. The quantitative estimate of drug-likeness (QED) is 0.768. The van der Waals surface area contributed by atoms with Crippen LogP contribution in [0, 0.1) is 5.92 Å². The summed E-state index contributed by atoms with van der Waals surface area (Å²) < 4.78 is 39.7. The van der Waals surface area contributed by atoms with Crippen LogP contribution < -0.4 is 5.32 Å². The molecule has 21 heavy (non-hydrogen) atoms. The van der Waals surface area contributed by atoms with E-state index in [1.807, 2.05) is 0 Å². The lowest BCUT2D eigenvalue weighted by Gasteiger charge is -2.33. The molecule has 0 unspecified atom stereocenters. The van der Waals surface area contributed by atoms with Crippen LogP contribution in [-0.2, 0) is 0 Å². The fourth-order valence-corrected chi connectivity index (χ4v) is 3.18. The van der Waals surface area contributed by atoms with E-state index in [2.05, 4.69) is 21.2 Å². The molecule has 0 heterocycles. The fourth-order valence-electron chi connectivity index (χ4n) is 2.61. The second-order valence-corrected chi connectivity index (χ2v) is 6.46. The number of carbonyl (C=O) groups excluding carboxylic acids is 1. The van der Waals surface area contributed by atoms with Crippen molar-refractivity contribution >= 4 is 33.4 Å². The molecule has 116 valence electrons. The minimum absolute atomic E-state index is 0.0562. The molecule has 0 radical (unpaired) electrons. The summed E-state index contributed by atoms with van der Waals surface area (Å²) in [6.45, 7) is 0. The van der Waals surface area contributed by atoms with E-state index in [1.54, 1.807) is 6.07 Å². The number of halogens is 5. The molecule has 2 nitrogen and oxygen atoms in total. The molecular weight excluding hydrogens is 371 g/mol. The van der Waals surface area contributed by atoms with Gasteiger partial charge >= 0.3 is 6.18 Å². The summed E-state index contributed by atoms with van der Waals surface area (Å²) in [5.41, 5.74) is 0.178. The van der Waals surface area contributed by atoms with E-state index >= 15 is 0 Å². The van der Waals surface area contributed by atoms with Crippen molar-refractivity contribution in [2.75, 3.05) is 0 Å². The predicted octanol–water partition coefficient (Wildman–Crippen LogP) is 4.95. The molecule has 2 atom stereocenters. The Bertz CT molecular complexity index is 535. The second kappa shape index (κ2) is 6.57. The van der Waals surface area contributed by atoms with Crippen LogP contribution in [0.3, 0.4) is 0 Å². The third-order valence-electron chi connectivity index (χ3n) is 3.68. The van der Waals surface area contributed by atoms with Crippen molar-refractivity contribution in [1.82, 2.24) is 5.32 Å². The Balaban J connectivity index is 2.15. The lowest BCUT2D eigenvalue weighted by atomic mass is 9.84. The Labute approximate surface area is 134 Å². The molecule has 7 heteroatoms. The van der Waals surface area contributed by atoms with E-state index in [0.717, 1.165) is 0 Å². The third kappa shape index (κ3) is 4.13. The van der Waals surface area contributed by atoms with Crippen LogP contribution in [-0.4, -0.2) is 18.1 Å². The first-order chi connectivity index (χ1) is 9.79. The van der Waals surface area contributed by atoms with Gasteiger partial charge in [-0.15, -0.1) is 0 Å². The van der Waals surface area contributed by atoms with Gasteiger partial charge in [0.15, 0.2) is 0 Å². The van der Waals surface area contributed by atoms with Gasteiger partial charge in [0.2, 0.25) is 0 Å². The molecule has 1 N–H and O–H groups in total. The zero-order valence-corrected chi connectivity index (χ0v) is 13.4. The highest BCUT2D eigenvalue weighted by molar-refractivity contribution is 9.10. The Morgan fingerprint density at radius 3 is 2.62 bits per heavy atom. The summed E-state index contributed by atoms with van der Waals surface area (Å²) in [5, 5.41) is 2.71.